The predicted octanol–water partition coefficient (Wildman–Crippen LogP) is 5.34. The van der Waals surface area contributed by atoms with Gasteiger partial charge in [0, 0.05) is 13.6 Å². The molecule has 0 saturated carbocycles. The van der Waals surface area contributed by atoms with Crippen molar-refractivity contribution < 1.29 is 9.59 Å². The molecular weight excluding hydrogens is 396 g/mol. The summed E-state index contributed by atoms with van der Waals surface area (Å²) in [4.78, 5) is 30.7. The minimum absolute atomic E-state index is 0.276. The van der Waals surface area contributed by atoms with Gasteiger partial charge in [0.15, 0.2) is 0 Å². The van der Waals surface area contributed by atoms with Gasteiger partial charge in [0.2, 0.25) is 0 Å². The second-order valence-electron chi connectivity index (χ2n) is 8.68. The fourth-order valence-electron chi connectivity index (χ4n) is 4.46. The van der Waals surface area contributed by atoms with Gasteiger partial charge in [-0.1, -0.05) is 60.2 Å². The van der Waals surface area contributed by atoms with Crippen molar-refractivity contribution in [3.05, 3.63) is 106 Å². The zero-order valence-corrected chi connectivity index (χ0v) is 19.3. The lowest BCUT2D eigenvalue weighted by molar-refractivity contribution is -0.120. The minimum Gasteiger partial charge on any atom is -0.365 e. The third-order valence-electron chi connectivity index (χ3n) is 5.82. The van der Waals surface area contributed by atoms with Gasteiger partial charge in [-0.3, -0.25) is 9.59 Å². The molecule has 3 aromatic carbocycles. The molecule has 3 aromatic rings. The van der Waals surface area contributed by atoms with Crippen LogP contribution in [-0.2, 0) is 16.1 Å². The predicted molar refractivity (Wildman–Crippen MR) is 129 cm³/mol. The highest BCUT2D eigenvalue weighted by atomic mass is 16.2. The molecule has 1 heterocycles. The Morgan fingerprint density at radius 3 is 2.03 bits per heavy atom. The Labute approximate surface area is 189 Å². The van der Waals surface area contributed by atoms with Crippen molar-refractivity contribution in [1.29, 1.82) is 0 Å². The molecule has 162 valence electrons. The molecule has 4 nitrogen and oxygen atoms in total. The number of hydrogen-bond acceptors (Lipinski definition) is 3. The number of carbonyl (C=O) groups excluding carboxylic acids is 2. The second-order valence-corrected chi connectivity index (χ2v) is 8.68. The number of aryl methyl sites for hydroxylation is 4. The van der Waals surface area contributed by atoms with E-state index >= 15 is 0 Å². The fraction of sp³-hybridized carbons (Fsp3) is 0.214. The molecule has 4 heteroatoms. The maximum Gasteiger partial charge on any atom is 0.282 e. The van der Waals surface area contributed by atoms with Crippen molar-refractivity contribution in [2.45, 2.75) is 34.2 Å². The van der Waals surface area contributed by atoms with E-state index in [1.54, 1.807) is 0 Å². The molecule has 0 saturated heterocycles. The molecular formula is C28H28N2O2. The van der Waals surface area contributed by atoms with E-state index in [4.69, 9.17) is 0 Å². The van der Waals surface area contributed by atoms with Gasteiger partial charge >= 0.3 is 0 Å². The highest BCUT2D eigenvalue weighted by Gasteiger charge is 2.42. The summed E-state index contributed by atoms with van der Waals surface area (Å²) in [6.45, 7) is 8.49. The quantitative estimate of drug-likeness (QED) is 0.519. The Hall–Kier alpha value is -3.66. The van der Waals surface area contributed by atoms with Gasteiger partial charge in [-0.2, -0.15) is 0 Å². The lowest BCUT2D eigenvalue weighted by Crippen LogP contribution is -2.34. The zero-order chi connectivity index (χ0) is 23.0. The fourth-order valence-corrected chi connectivity index (χ4v) is 4.46. The highest BCUT2D eigenvalue weighted by Crippen LogP contribution is 2.36. The van der Waals surface area contributed by atoms with Crippen molar-refractivity contribution >= 4 is 23.1 Å². The van der Waals surface area contributed by atoms with Gasteiger partial charge < -0.3 is 4.90 Å². The Morgan fingerprint density at radius 2 is 1.41 bits per heavy atom. The number of carbonyl (C=O) groups is 2. The largest absolute Gasteiger partial charge is 0.365 e. The average molecular weight is 425 g/mol. The first-order chi connectivity index (χ1) is 15.3. The van der Waals surface area contributed by atoms with Crippen LogP contribution in [0.3, 0.4) is 0 Å². The topological polar surface area (TPSA) is 40.6 Å². The first-order valence-corrected chi connectivity index (χ1v) is 10.8. The summed E-state index contributed by atoms with van der Waals surface area (Å²) >= 11 is 0. The summed E-state index contributed by atoms with van der Waals surface area (Å²) in [5, 5.41) is 0. The maximum atomic E-state index is 13.8. The number of amides is 2. The number of rotatable bonds is 5. The van der Waals surface area contributed by atoms with Gasteiger partial charge in [-0.05, 0) is 67.6 Å². The highest BCUT2D eigenvalue weighted by molar-refractivity contribution is 6.45. The minimum atomic E-state index is -0.284. The molecule has 0 aliphatic carbocycles. The van der Waals surface area contributed by atoms with Crippen LogP contribution in [0.1, 0.15) is 33.4 Å². The molecule has 4 rings (SSSR count). The molecule has 0 atom stereocenters. The SMILES string of the molecule is Cc1cc(C)cc(N2C(=O)C(c3ccc(C)cc3C)=C(N(C)Cc3ccccc3)C2=O)c1. The van der Waals surface area contributed by atoms with Gasteiger partial charge in [0.05, 0.1) is 11.3 Å². The second kappa shape index (κ2) is 8.46. The van der Waals surface area contributed by atoms with Crippen LogP contribution in [0.5, 0.6) is 0 Å². The third kappa shape index (κ3) is 3.96. The van der Waals surface area contributed by atoms with Crippen LogP contribution in [0.15, 0.2) is 72.4 Å². The Balaban J connectivity index is 1.85. The normalized spacial score (nSPS) is 13.8. The van der Waals surface area contributed by atoms with Crippen molar-refractivity contribution in [1.82, 2.24) is 4.90 Å². The smallest absolute Gasteiger partial charge is 0.282 e. The summed E-state index contributed by atoms with van der Waals surface area (Å²) in [6.07, 6.45) is 0. The van der Waals surface area contributed by atoms with Crippen LogP contribution in [0.4, 0.5) is 5.69 Å². The van der Waals surface area contributed by atoms with Crippen molar-refractivity contribution in [3.63, 3.8) is 0 Å². The molecule has 1 aliphatic heterocycles. The zero-order valence-electron chi connectivity index (χ0n) is 19.3. The monoisotopic (exact) mass is 424 g/mol. The maximum absolute atomic E-state index is 13.8. The molecule has 0 unspecified atom stereocenters. The summed E-state index contributed by atoms with van der Waals surface area (Å²) in [7, 11) is 1.88. The summed E-state index contributed by atoms with van der Waals surface area (Å²) in [5.74, 6) is -0.560. The molecule has 1 aliphatic rings. The Kier molecular flexibility index (Phi) is 5.70. The van der Waals surface area contributed by atoms with E-state index in [1.165, 1.54) is 4.90 Å². The lowest BCUT2D eigenvalue weighted by Gasteiger charge is -2.22. The number of nitrogens with zero attached hydrogens (tertiary/aromatic N) is 2. The first kappa shape index (κ1) is 21.6. The van der Waals surface area contributed by atoms with E-state index in [1.807, 2.05) is 106 Å². The van der Waals surface area contributed by atoms with Crippen molar-refractivity contribution in [2.75, 3.05) is 11.9 Å². The van der Waals surface area contributed by atoms with Gasteiger partial charge in [0.1, 0.15) is 5.70 Å². The molecule has 0 spiro atoms. The average Bonchev–Trinajstić information content (AvgIpc) is 2.98. The van der Waals surface area contributed by atoms with Crippen molar-refractivity contribution in [2.24, 2.45) is 0 Å². The van der Waals surface area contributed by atoms with Crippen LogP contribution >= 0.6 is 0 Å². The summed E-state index contributed by atoms with van der Waals surface area (Å²) in [5.41, 5.74) is 7.52. The molecule has 2 amide bonds. The van der Waals surface area contributed by atoms with Crippen molar-refractivity contribution in [3.8, 4) is 0 Å². The molecule has 0 radical (unpaired) electrons. The third-order valence-corrected chi connectivity index (χ3v) is 5.82. The van der Waals surface area contributed by atoms with Crippen LogP contribution in [0.2, 0.25) is 0 Å². The van der Waals surface area contributed by atoms with E-state index in [2.05, 4.69) is 0 Å². The van der Waals surface area contributed by atoms with Gasteiger partial charge in [-0.25, -0.2) is 4.90 Å². The van der Waals surface area contributed by atoms with E-state index in [-0.39, 0.29) is 11.8 Å². The standard InChI is InChI=1S/C28H28N2O2/c1-18-11-12-24(21(4)14-18)25-26(29(5)17-22-9-7-6-8-10-22)28(32)30(27(25)31)23-15-19(2)13-20(3)16-23/h6-16H,17H2,1-5H3. The van der Waals surface area contributed by atoms with Crippen LogP contribution in [0.25, 0.3) is 5.57 Å². The van der Waals surface area contributed by atoms with Crippen LogP contribution in [-0.4, -0.2) is 23.8 Å². The van der Waals surface area contributed by atoms with Crippen LogP contribution in [0, 0.1) is 27.7 Å². The van der Waals surface area contributed by atoms with Gasteiger partial charge in [0.25, 0.3) is 11.8 Å². The lowest BCUT2D eigenvalue weighted by atomic mass is 9.97. The molecule has 0 N–H and O–H groups in total. The van der Waals surface area contributed by atoms with E-state index in [0.29, 0.717) is 23.5 Å². The molecule has 0 fully saturated rings. The van der Waals surface area contributed by atoms with Gasteiger partial charge in [-0.15, -0.1) is 0 Å². The molecule has 32 heavy (non-hydrogen) atoms. The molecule has 0 bridgehead atoms. The summed E-state index contributed by atoms with van der Waals surface area (Å²) in [6, 6.07) is 21.8. The van der Waals surface area contributed by atoms with Crippen LogP contribution < -0.4 is 4.90 Å². The Bertz CT molecular complexity index is 1220. The van der Waals surface area contributed by atoms with E-state index in [9.17, 15) is 9.59 Å². The molecule has 0 aromatic heterocycles. The van der Waals surface area contributed by atoms with E-state index < -0.39 is 0 Å². The number of hydrogen-bond donors (Lipinski definition) is 0. The Morgan fingerprint density at radius 1 is 0.750 bits per heavy atom. The number of benzene rings is 3. The number of likely N-dealkylation sites (N-methyl/N-ethyl adjacent to an activating group) is 1. The summed E-state index contributed by atoms with van der Waals surface area (Å²) < 4.78 is 0. The first-order valence-electron chi connectivity index (χ1n) is 10.8. The number of imide groups is 1. The van der Waals surface area contributed by atoms with E-state index in [0.717, 1.165) is 33.4 Å². The number of anilines is 1.